The predicted octanol–water partition coefficient (Wildman–Crippen LogP) is 6.74. The van der Waals surface area contributed by atoms with Crippen LogP contribution in [0.25, 0.3) is 10.9 Å². The molecule has 2 aromatic rings. The number of ether oxygens (including phenoxy) is 1. The lowest BCUT2D eigenvalue weighted by Gasteiger charge is -2.43. The van der Waals surface area contributed by atoms with E-state index in [2.05, 4.69) is 25.0 Å². The molecule has 0 saturated heterocycles. The lowest BCUT2D eigenvalue weighted by molar-refractivity contribution is -0.210. The molecule has 1 aromatic heterocycles. The first-order valence-electron chi connectivity index (χ1n) is 15.7. The molecule has 2 heterocycles. The highest BCUT2D eigenvalue weighted by molar-refractivity contribution is 6.76. The average Bonchev–Trinajstić information content (AvgIpc) is 3.22. The number of carboxylic acids is 1. The number of carbonyl (C=O) groups excluding carboxylic acids is 2. The van der Waals surface area contributed by atoms with E-state index in [0.29, 0.717) is 29.5 Å². The zero-order chi connectivity index (χ0) is 35.0. The number of fused-ring (bicyclic) bond motifs is 3. The second kappa shape index (κ2) is 13.8. The summed E-state index contributed by atoms with van der Waals surface area (Å²) in [6.07, 6.45) is -6.61. The zero-order valence-electron chi connectivity index (χ0n) is 28.7. The number of nitrogens with one attached hydrogen (secondary N) is 1. The largest absolute Gasteiger partial charge is 0.478 e. The van der Waals surface area contributed by atoms with E-state index in [-0.39, 0.29) is 24.5 Å². The molecule has 14 heteroatoms. The van der Waals surface area contributed by atoms with Gasteiger partial charge in [0.05, 0.1) is 23.7 Å². The van der Waals surface area contributed by atoms with E-state index in [1.165, 1.54) is 11.0 Å². The number of carbonyl (C=O) groups is 3. The summed E-state index contributed by atoms with van der Waals surface area (Å²) >= 11 is 0. The minimum absolute atomic E-state index is 0.0255. The van der Waals surface area contributed by atoms with E-state index < -0.39 is 70.0 Å². The van der Waals surface area contributed by atoms with Gasteiger partial charge in [-0.1, -0.05) is 66.4 Å². The number of hydrogen-bond acceptors (Lipinski definition) is 5. The average molecular weight is 686 g/mol. The first-order chi connectivity index (χ1) is 21.0. The Morgan fingerprint density at radius 1 is 1.09 bits per heavy atom. The van der Waals surface area contributed by atoms with E-state index in [9.17, 15) is 32.7 Å². The van der Waals surface area contributed by atoms with E-state index in [1.54, 1.807) is 43.6 Å². The van der Waals surface area contributed by atoms with Crippen molar-refractivity contribution in [2.24, 2.45) is 5.92 Å². The fourth-order valence-corrected chi connectivity index (χ4v) is 7.32. The summed E-state index contributed by atoms with van der Waals surface area (Å²) in [5.41, 5.74) is 1.28. The van der Waals surface area contributed by atoms with Crippen LogP contribution in [-0.4, -0.2) is 86.8 Å². The molecule has 0 radical (unpaired) electrons. The molecule has 0 spiro atoms. The number of benzene rings is 1. The molecule has 2 unspecified atom stereocenters. The standard InChI is InChI=1S/C32H50F3N3O6Si2/c1-20(2)25(28(32(33,34)35)44-46(9,10)31(3,4)5)36-24(39)18-37-15-14-22-21-12-11-13-23(30(41)42)26(21)38(27(22)29(37)40)19-43-16-17-45(6,7)8/h11-13,20,25,28H,14-19H2,1-10H3,(H,36,39)(H,41,42). The van der Waals surface area contributed by atoms with Gasteiger partial charge in [-0.2, -0.15) is 13.2 Å². The molecule has 0 saturated carbocycles. The van der Waals surface area contributed by atoms with Gasteiger partial charge in [0.15, 0.2) is 14.4 Å². The van der Waals surface area contributed by atoms with Gasteiger partial charge >= 0.3 is 12.1 Å². The molecule has 2 atom stereocenters. The van der Waals surface area contributed by atoms with Gasteiger partial charge in [0, 0.05) is 26.6 Å². The van der Waals surface area contributed by atoms with Gasteiger partial charge in [-0.3, -0.25) is 9.59 Å². The number of aromatic carboxylic acids is 1. The molecular weight excluding hydrogens is 636 g/mol. The Kier molecular flexibility index (Phi) is 11.3. The normalized spacial score (nSPS) is 16.1. The summed E-state index contributed by atoms with van der Waals surface area (Å²) in [5, 5.41) is 12.6. The fourth-order valence-electron chi connectivity index (χ4n) is 5.30. The molecule has 3 rings (SSSR count). The predicted molar refractivity (Wildman–Crippen MR) is 178 cm³/mol. The molecule has 2 amide bonds. The van der Waals surface area contributed by atoms with Crippen molar-refractivity contribution in [1.82, 2.24) is 14.8 Å². The van der Waals surface area contributed by atoms with Crippen molar-refractivity contribution in [2.75, 3.05) is 19.7 Å². The second-order valence-corrected chi connectivity index (χ2v) is 25.6. The number of nitrogens with zero attached hydrogens (tertiary/aromatic N) is 2. The Morgan fingerprint density at radius 3 is 2.24 bits per heavy atom. The molecule has 1 aromatic carbocycles. The Morgan fingerprint density at radius 2 is 1.72 bits per heavy atom. The molecule has 46 heavy (non-hydrogen) atoms. The maximum Gasteiger partial charge on any atom is 0.415 e. The van der Waals surface area contributed by atoms with Crippen molar-refractivity contribution in [3.8, 4) is 0 Å². The van der Waals surface area contributed by atoms with Crippen LogP contribution in [0.5, 0.6) is 0 Å². The molecule has 0 bridgehead atoms. The van der Waals surface area contributed by atoms with Crippen LogP contribution in [0, 0.1) is 5.92 Å². The molecule has 0 fully saturated rings. The fraction of sp³-hybridized carbons (Fsp3) is 0.656. The highest BCUT2D eigenvalue weighted by Gasteiger charge is 2.52. The van der Waals surface area contributed by atoms with Crippen LogP contribution in [0.2, 0.25) is 43.8 Å². The number of para-hydroxylation sites is 1. The number of hydrogen-bond donors (Lipinski definition) is 2. The Balaban J connectivity index is 1.92. The molecule has 2 N–H and O–H groups in total. The number of carboxylic acid groups (broad SMARTS) is 1. The second-order valence-electron chi connectivity index (χ2n) is 15.3. The van der Waals surface area contributed by atoms with Crippen LogP contribution in [-0.2, 0) is 27.1 Å². The van der Waals surface area contributed by atoms with Crippen LogP contribution in [0.4, 0.5) is 13.2 Å². The van der Waals surface area contributed by atoms with Crippen molar-refractivity contribution < 1.29 is 41.8 Å². The van der Waals surface area contributed by atoms with E-state index in [4.69, 9.17) is 9.16 Å². The number of alkyl halides is 3. The van der Waals surface area contributed by atoms with Crippen molar-refractivity contribution in [3.63, 3.8) is 0 Å². The van der Waals surface area contributed by atoms with E-state index in [0.717, 1.165) is 6.04 Å². The van der Waals surface area contributed by atoms with Crippen LogP contribution in [0.3, 0.4) is 0 Å². The van der Waals surface area contributed by atoms with Gasteiger partial charge in [-0.15, -0.1) is 0 Å². The topological polar surface area (TPSA) is 110 Å². The van der Waals surface area contributed by atoms with E-state index in [1.807, 2.05) is 20.8 Å². The summed E-state index contributed by atoms with van der Waals surface area (Å²) in [7, 11) is -4.30. The molecule has 1 aliphatic heterocycles. The summed E-state index contributed by atoms with van der Waals surface area (Å²) in [4.78, 5) is 40.8. The monoisotopic (exact) mass is 685 g/mol. The maximum atomic E-state index is 14.4. The first-order valence-corrected chi connectivity index (χ1v) is 22.4. The summed E-state index contributed by atoms with van der Waals surface area (Å²) in [6.45, 7) is 18.9. The van der Waals surface area contributed by atoms with Gasteiger partial charge < -0.3 is 29.1 Å². The third kappa shape index (κ3) is 8.61. The van der Waals surface area contributed by atoms with Crippen LogP contribution >= 0.6 is 0 Å². The van der Waals surface area contributed by atoms with Crippen LogP contribution < -0.4 is 5.32 Å². The van der Waals surface area contributed by atoms with Crippen molar-refractivity contribution in [2.45, 2.75) is 110 Å². The lowest BCUT2D eigenvalue weighted by atomic mass is 9.98. The Labute approximate surface area is 271 Å². The number of amides is 2. The highest BCUT2D eigenvalue weighted by Crippen LogP contribution is 2.41. The van der Waals surface area contributed by atoms with Crippen LogP contribution in [0.15, 0.2) is 18.2 Å². The van der Waals surface area contributed by atoms with Crippen molar-refractivity contribution in [3.05, 3.63) is 35.0 Å². The summed E-state index contributed by atoms with van der Waals surface area (Å²) in [6, 6.07) is 4.36. The maximum absolute atomic E-state index is 14.4. The number of aromatic nitrogens is 1. The van der Waals surface area contributed by atoms with Crippen LogP contribution in [0.1, 0.15) is 61.0 Å². The molecular formula is C32H50F3N3O6Si2. The third-order valence-corrected chi connectivity index (χ3v) is 15.2. The Hall–Kier alpha value is -2.69. The summed E-state index contributed by atoms with van der Waals surface area (Å²) in [5.74, 6) is -3.01. The van der Waals surface area contributed by atoms with Gasteiger partial charge in [-0.25, -0.2) is 4.79 Å². The van der Waals surface area contributed by atoms with Crippen molar-refractivity contribution in [1.29, 1.82) is 0 Å². The van der Waals surface area contributed by atoms with Gasteiger partial charge in [0.25, 0.3) is 5.91 Å². The molecule has 9 nitrogen and oxygen atoms in total. The van der Waals surface area contributed by atoms with Gasteiger partial charge in [0.1, 0.15) is 12.4 Å². The van der Waals surface area contributed by atoms with Gasteiger partial charge in [-0.05, 0) is 48.1 Å². The molecule has 258 valence electrons. The highest BCUT2D eigenvalue weighted by atomic mass is 28.4. The van der Waals surface area contributed by atoms with Crippen molar-refractivity contribution >= 4 is 45.1 Å². The SMILES string of the molecule is CC(C)C(NC(=O)CN1CCc2c(n(COCC[Si](C)(C)C)c3c(C(=O)O)cccc23)C1=O)C(O[Si](C)(C)C(C)(C)C)C(F)(F)F. The van der Waals surface area contributed by atoms with E-state index >= 15 is 0 Å². The number of halogens is 3. The quantitative estimate of drug-likeness (QED) is 0.179. The lowest BCUT2D eigenvalue weighted by Crippen LogP contribution is -2.60. The molecule has 1 aliphatic rings. The Bertz CT molecular complexity index is 1440. The first kappa shape index (κ1) is 37.8. The minimum atomic E-state index is -4.73. The minimum Gasteiger partial charge on any atom is -0.478 e. The van der Waals surface area contributed by atoms with Gasteiger partial charge in [0.2, 0.25) is 5.91 Å². The zero-order valence-corrected chi connectivity index (χ0v) is 30.7. The smallest absolute Gasteiger partial charge is 0.415 e. The number of rotatable bonds is 13. The molecule has 0 aliphatic carbocycles. The third-order valence-electron chi connectivity index (χ3n) is 9.01. The summed E-state index contributed by atoms with van der Waals surface area (Å²) < 4.78 is 56.7.